The van der Waals surface area contributed by atoms with Crippen LogP contribution in [0, 0.1) is 18.3 Å². The van der Waals surface area contributed by atoms with Crippen molar-refractivity contribution in [1.82, 2.24) is 19.8 Å². The highest BCUT2D eigenvalue weighted by atomic mass is 16.5. The molecular weight excluding hydrogens is 532 g/mol. The number of piperazine rings is 1. The molecule has 42 heavy (non-hydrogen) atoms. The number of ketones is 1. The van der Waals surface area contributed by atoms with Crippen molar-refractivity contribution in [1.29, 1.82) is 5.26 Å². The lowest BCUT2D eigenvalue weighted by Gasteiger charge is -2.41. The van der Waals surface area contributed by atoms with E-state index >= 15 is 0 Å². The van der Waals surface area contributed by atoms with Crippen LogP contribution in [0.5, 0.6) is 6.01 Å². The van der Waals surface area contributed by atoms with Gasteiger partial charge in [0.1, 0.15) is 24.2 Å². The number of aromatic nitrogens is 2. The van der Waals surface area contributed by atoms with E-state index < -0.39 is 6.10 Å². The summed E-state index contributed by atoms with van der Waals surface area (Å²) in [5.74, 6) is 0.240. The number of likely N-dealkylation sites (tertiary alicyclic amines) is 1. The summed E-state index contributed by atoms with van der Waals surface area (Å²) in [4.78, 5) is 42.2. The van der Waals surface area contributed by atoms with Crippen LogP contribution in [0.3, 0.4) is 0 Å². The van der Waals surface area contributed by atoms with E-state index in [9.17, 15) is 14.9 Å². The lowest BCUT2D eigenvalue weighted by molar-refractivity contribution is -0.128. The molecule has 3 aliphatic rings. The smallest absolute Gasteiger partial charge is 0.319 e. The monoisotopic (exact) mass is 572 g/mol. The highest BCUT2D eigenvalue weighted by molar-refractivity contribution is 6.00. The molecule has 0 bridgehead atoms. The Labute approximate surface area is 247 Å². The minimum Gasteiger partial charge on any atom is -0.462 e. The molecule has 1 aromatic heterocycles. The second-order valence-electron chi connectivity index (χ2n) is 11.4. The zero-order valence-corrected chi connectivity index (χ0v) is 24.8. The number of hydrogen-bond acceptors (Lipinski definition) is 9. The molecule has 0 aliphatic carbocycles. The van der Waals surface area contributed by atoms with Crippen molar-refractivity contribution >= 4 is 17.5 Å². The molecule has 0 spiro atoms. The summed E-state index contributed by atoms with van der Waals surface area (Å²) in [6.07, 6.45) is 3.96. The molecule has 10 heteroatoms. The predicted octanol–water partition coefficient (Wildman–Crippen LogP) is 3.26. The third kappa shape index (κ3) is 6.03. The molecule has 222 valence electrons. The quantitative estimate of drug-likeness (QED) is 0.330. The molecule has 0 N–H and O–H groups in total. The Balaban J connectivity index is 1.49. The molecule has 2 fully saturated rings. The maximum atomic E-state index is 14.1. The van der Waals surface area contributed by atoms with Crippen LogP contribution < -0.4 is 9.64 Å². The molecule has 1 amide bonds. The van der Waals surface area contributed by atoms with Crippen LogP contribution in [0.25, 0.3) is 0 Å². The molecule has 2 aromatic rings. The van der Waals surface area contributed by atoms with Crippen LogP contribution in [0.1, 0.15) is 58.9 Å². The molecule has 4 heterocycles. The minimum absolute atomic E-state index is 0.166. The number of rotatable bonds is 9. The number of nitriles is 1. The van der Waals surface area contributed by atoms with E-state index in [-0.39, 0.29) is 36.2 Å². The van der Waals surface area contributed by atoms with Crippen LogP contribution >= 0.6 is 0 Å². The topological polar surface area (TPSA) is 112 Å². The van der Waals surface area contributed by atoms with Gasteiger partial charge in [-0.05, 0) is 62.5 Å². The average molecular weight is 573 g/mol. The van der Waals surface area contributed by atoms with Crippen LogP contribution in [0.4, 0.5) is 5.82 Å². The first-order valence-corrected chi connectivity index (χ1v) is 14.9. The second kappa shape index (κ2) is 13.0. The molecule has 0 saturated carbocycles. The van der Waals surface area contributed by atoms with Gasteiger partial charge in [0.05, 0.1) is 25.1 Å². The van der Waals surface area contributed by atoms with Crippen molar-refractivity contribution in [2.45, 2.75) is 70.7 Å². The van der Waals surface area contributed by atoms with Gasteiger partial charge >= 0.3 is 6.01 Å². The predicted molar refractivity (Wildman–Crippen MR) is 158 cm³/mol. The van der Waals surface area contributed by atoms with Gasteiger partial charge in [-0.1, -0.05) is 31.7 Å². The Morgan fingerprint density at radius 3 is 2.79 bits per heavy atom. The van der Waals surface area contributed by atoms with Gasteiger partial charge < -0.3 is 24.2 Å². The van der Waals surface area contributed by atoms with Gasteiger partial charge in [0.25, 0.3) is 0 Å². The Bertz CT molecular complexity index is 1390. The van der Waals surface area contributed by atoms with Gasteiger partial charge in [0, 0.05) is 37.7 Å². The van der Waals surface area contributed by atoms with Crippen LogP contribution in [-0.4, -0.2) is 89.5 Å². The first-order chi connectivity index (χ1) is 20.3. The molecule has 2 saturated heterocycles. The summed E-state index contributed by atoms with van der Waals surface area (Å²) in [5.41, 5.74) is 4.46. The lowest BCUT2D eigenvalue weighted by atomic mass is 9.92. The number of Topliss-reactive ketones (excluding diaryl/α,β-unsaturated/α-hetero) is 1. The van der Waals surface area contributed by atoms with Gasteiger partial charge in [0.2, 0.25) is 11.7 Å². The third-order valence-corrected chi connectivity index (χ3v) is 8.83. The van der Waals surface area contributed by atoms with E-state index in [1.54, 1.807) is 4.90 Å². The number of carbonyl (C=O) groups excluding carboxylic acids is 2. The molecule has 0 radical (unpaired) electrons. The van der Waals surface area contributed by atoms with E-state index in [2.05, 4.69) is 48.6 Å². The number of carbonyl (C=O) groups is 2. The summed E-state index contributed by atoms with van der Waals surface area (Å²) in [6.45, 7) is 10.8. The van der Waals surface area contributed by atoms with Crippen LogP contribution in [0.15, 0.2) is 30.9 Å². The van der Waals surface area contributed by atoms with Gasteiger partial charge in [0.15, 0.2) is 0 Å². The highest BCUT2D eigenvalue weighted by Crippen LogP contribution is 2.31. The van der Waals surface area contributed by atoms with Crippen molar-refractivity contribution in [3.63, 3.8) is 0 Å². The zero-order chi connectivity index (χ0) is 29.8. The van der Waals surface area contributed by atoms with E-state index in [1.165, 1.54) is 6.08 Å². The van der Waals surface area contributed by atoms with Crippen molar-refractivity contribution < 1.29 is 19.1 Å². The number of nitrogens with zero attached hydrogens (tertiary/aromatic N) is 6. The number of aryl methyl sites for hydroxylation is 1. The average Bonchev–Trinajstić information content (AvgIpc) is 3.43. The summed E-state index contributed by atoms with van der Waals surface area (Å²) in [7, 11) is 2.09. The fourth-order valence-corrected chi connectivity index (χ4v) is 6.33. The maximum Gasteiger partial charge on any atom is 0.319 e. The number of benzene rings is 1. The Morgan fingerprint density at radius 1 is 1.24 bits per heavy atom. The zero-order valence-electron chi connectivity index (χ0n) is 24.8. The molecule has 1 aromatic carbocycles. The summed E-state index contributed by atoms with van der Waals surface area (Å²) in [5, 5.41) is 9.50. The molecule has 3 aliphatic heterocycles. The van der Waals surface area contributed by atoms with Crippen molar-refractivity contribution in [2.24, 2.45) is 0 Å². The van der Waals surface area contributed by atoms with E-state index in [4.69, 9.17) is 19.4 Å². The van der Waals surface area contributed by atoms with Gasteiger partial charge in [-0.2, -0.15) is 15.2 Å². The number of fused-ring (bicyclic) bond motifs is 1. The highest BCUT2D eigenvalue weighted by Gasteiger charge is 2.35. The SMILES string of the molecule is C=CC(=O)N1CCN(c2nc(OCC3CCCN3C)nc(C(=O)[C@@H]3Cc4cccc(C)c4CO3)c2CC)CC1CC#N. The van der Waals surface area contributed by atoms with Gasteiger partial charge in [-0.3, -0.25) is 9.59 Å². The lowest BCUT2D eigenvalue weighted by Crippen LogP contribution is -2.55. The third-order valence-electron chi connectivity index (χ3n) is 8.83. The van der Waals surface area contributed by atoms with Crippen molar-refractivity contribution in [2.75, 3.05) is 44.7 Å². The van der Waals surface area contributed by atoms with E-state index in [1.807, 2.05) is 13.0 Å². The van der Waals surface area contributed by atoms with Gasteiger partial charge in [-0.25, -0.2) is 0 Å². The van der Waals surface area contributed by atoms with Crippen molar-refractivity contribution in [3.05, 3.63) is 58.8 Å². The standard InChI is InChI=1S/C32H40N6O4/c1-5-25-29(30(40)27-17-22-10-7-9-21(3)26(22)20-41-27)34-32(42-19-24-11-8-14-36(24)4)35-31(25)37-15-16-38(28(39)6-2)23(18-37)12-13-33/h6-7,9-10,23-24,27H,2,5,8,11-12,14-20H2,1,3-4H3/t23?,24?,27-/m0/s1. The Kier molecular flexibility index (Phi) is 9.19. The number of amides is 1. The normalized spacial score (nSPS) is 22.4. The number of hydrogen-bond donors (Lipinski definition) is 0. The summed E-state index contributed by atoms with van der Waals surface area (Å²) in [6, 6.07) is 8.44. The second-order valence-corrected chi connectivity index (χ2v) is 11.4. The summed E-state index contributed by atoms with van der Waals surface area (Å²) >= 11 is 0. The Morgan fingerprint density at radius 2 is 2.07 bits per heavy atom. The fraction of sp³-hybridized carbons (Fsp3) is 0.531. The number of anilines is 1. The van der Waals surface area contributed by atoms with Crippen LogP contribution in [-0.2, 0) is 29.0 Å². The largest absolute Gasteiger partial charge is 0.462 e. The number of ether oxygens (including phenoxy) is 2. The molecular formula is C32H40N6O4. The molecule has 10 nitrogen and oxygen atoms in total. The molecule has 5 rings (SSSR count). The number of likely N-dealkylation sites (N-methyl/N-ethyl adjacent to an activating group) is 1. The van der Waals surface area contributed by atoms with Crippen molar-refractivity contribution in [3.8, 4) is 12.1 Å². The first kappa shape index (κ1) is 29.7. The molecule has 3 atom stereocenters. The van der Waals surface area contributed by atoms with Crippen LogP contribution in [0.2, 0.25) is 0 Å². The fourth-order valence-electron chi connectivity index (χ4n) is 6.33. The minimum atomic E-state index is -0.658. The maximum absolute atomic E-state index is 14.1. The van der Waals surface area contributed by atoms with Gasteiger partial charge in [-0.15, -0.1) is 0 Å². The molecule has 2 unspecified atom stereocenters. The van der Waals surface area contributed by atoms with E-state index in [0.717, 1.165) is 41.6 Å². The first-order valence-electron chi connectivity index (χ1n) is 14.9. The van der Waals surface area contributed by atoms with E-state index in [0.29, 0.717) is 57.2 Å². The summed E-state index contributed by atoms with van der Waals surface area (Å²) < 4.78 is 12.3. The Hall–Kier alpha value is -3.81.